The minimum Gasteiger partial charge on any atom is -0.103 e. The summed E-state index contributed by atoms with van der Waals surface area (Å²) in [6.45, 7) is 16.0. The van der Waals surface area contributed by atoms with Crippen LogP contribution in [0.5, 0.6) is 0 Å². The van der Waals surface area contributed by atoms with Gasteiger partial charge in [-0.25, -0.2) is 0 Å². The molecule has 5 atom stereocenters. The molecule has 0 aromatic carbocycles. The molecular formula is C17H32. The molecule has 0 radical (unpaired) electrons. The van der Waals surface area contributed by atoms with Crippen molar-refractivity contribution in [2.75, 3.05) is 0 Å². The minimum atomic E-state index is 0.613. The first-order valence-corrected chi connectivity index (χ1v) is 7.58. The van der Waals surface area contributed by atoms with Crippen LogP contribution >= 0.6 is 0 Å². The van der Waals surface area contributed by atoms with Crippen LogP contribution in [-0.4, -0.2) is 0 Å². The van der Waals surface area contributed by atoms with E-state index in [1.165, 1.54) is 32.1 Å². The summed E-state index contributed by atoms with van der Waals surface area (Å²) in [6.07, 6.45) is 8.91. The highest BCUT2D eigenvalue weighted by atomic mass is 14.6. The van der Waals surface area contributed by atoms with Crippen LogP contribution in [-0.2, 0) is 0 Å². The van der Waals surface area contributed by atoms with Crippen molar-refractivity contribution in [1.82, 2.24) is 0 Å². The molecule has 0 amide bonds. The Morgan fingerprint density at radius 3 is 2.29 bits per heavy atom. The molecule has 1 aliphatic rings. The Labute approximate surface area is 109 Å². The van der Waals surface area contributed by atoms with Gasteiger partial charge >= 0.3 is 0 Å². The number of hydrogen-bond acceptors (Lipinski definition) is 0. The molecule has 1 saturated carbocycles. The molecule has 0 aromatic rings. The maximum absolute atomic E-state index is 3.95. The predicted molar refractivity (Wildman–Crippen MR) is 78.0 cm³/mol. The molecule has 0 heteroatoms. The van der Waals surface area contributed by atoms with Crippen LogP contribution < -0.4 is 0 Å². The molecule has 0 aromatic heterocycles. The van der Waals surface area contributed by atoms with Crippen LogP contribution in [0, 0.1) is 29.1 Å². The summed E-state index contributed by atoms with van der Waals surface area (Å²) < 4.78 is 0. The van der Waals surface area contributed by atoms with Crippen LogP contribution in [0.4, 0.5) is 0 Å². The summed E-state index contributed by atoms with van der Waals surface area (Å²) in [5, 5.41) is 0. The van der Waals surface area contributed by atoms with Crippen LogP contribution in [0.1, 0.15) is 66.7 Å². The molecule has 1 fully saturated rings. The maximum atomic E-state index is 3.95. The normalized spacial score (nSPS) is 32.9. The van der Waals surface area contributed by atoms with Gasteiger partial charge in [0, 0.05) is 0 Å². The van der Waals surface area contributed by atoms with Gasteiger partial charge in [-0.2, -0.15) is 0 Å². The Hall–Kier alpha value is -0.260. The molecule has 0 aliphatic heterocycles. The molecule has 0 nitrogen and oxygen atoms in total. The van der Waals surface area contributed by atoms with Crippen molar-refractivity contribution < 1.29 is 0 Å². The number of hydrogen-bond donors (Lipinski definition) is 0. The Morgan fingerprint density at radius 2 is 1.88 bits per heavy atom. The fourth-order valence-corrected chi connectivity index (χ4v) is 3.72. The predicted octanol–water partition coefficient (Wildman–Crippen LogP) is 5.69. The van der Waals surface area contributed by atoms with Crippen molar-refractivity contribution in [2.45, 2.75) is 66.7 Å². The van der Waals surface area contributed by atoms with Gasteiger partial charge in [0.15, 0.2) is 0 Å². The maximum Gasteiger partial charge on any atom is -0.0209 e. The van der Waals surface area contributed by atoms with Gasteiger partial charge in [0.25, 0.3) is 0 Å². The van der Waals surface area contributed by atoms with Gasteiger partial charge in [0.1, 0.15) is 0 Å². The van der Waals surface area contributed by atoms with Gasteiger partial charge in [0.05, 0.1) is 0 Å². The van der Waals surface area contributed by atoms with Crippen molar-refractivity contribution >= 4 is 0 Å². The van der Waals surface area contributed by atoms with Gasteiger partial charge in [-0.1, -0.05) is 53.5 Å². The van der Waals surface area contributed by atoms with Gasteiger partial charge < -0.3 is 0 Å². The van der Waals surface area contributed by atoms with Gasteiger partial charge in [-0.3, -0.25) is 0 Å². The van der Waals surface area contributed by atoms with E-state index in [1.54, 1.807) is 0 Å². The van der Waals surface area contributed by atoms with Gasteiger partial charge in [0.2, 0.25) is 0 Å². The topological polar surface area (TPSA) is 0 Å². The third-order valence-corrected chi connectivity index (χ3v) is 5.45. The number of allylic oxidation sites excluding steroid dienone is 1. The monoisotopic (exact) mass is 236 g/mol. The lowest BCUT2D eigenvalue weighted by Crippen LogP contribution is -2.20. The van der Waals surface area contributed by atoms with E-state index in [1.807, 2.05) is 0 Å². The molecule has 17 heavy (non-hydrogen) atoms. The van der Waals surface area contributed by atoms with E-state index in [-0.39, 0.29) is 0 Å². The average Bonchev–Trinajstić information content (AvgIpc) is 2.91. The van der Waals surface area contributed by atoms with Gasteiger partial charge in [-0.05, 0) is 48.3 Å². The van der Waals surface area contributed by atoms with E-state index in [0.717, 1.165) is 23.7 Å². The Kier molecular flexibility index (Phi) is 5.28. The van der Waals surface area contributed by atoms with E-state index < -0.39 is 0 Å². The summed E-state index contributed by atoms with van der Waals surface area (Å²) in [5.41, 5.74) is 0.613. The van der Waals surface area contributed by atoms with Crippen LogP contribution in [0.2, 0.25) is 0 Å². The van der Waals surface area contributed by atoms with Crippen LogP contribution in [0.25, 0.3) is 0 Å². The summed E-state index contributed by atoms with van der Waals surface area (Å²) in [5.74, 6) is 3.55. The van der Waals surface area contributed by atoms with Gasteiger partial charge in [-0.15, -0.1) is 6.58 Å². The lowest BCUT2D eigenvalue weighted by atomic mass is 9.76. The zero-order valence-corrected chi connectivity index (χ0v) is 12.6. The van der Waals surface area contributed by atoms with Crippen molar-refractivity contribution in [3.8, 4) is 0 Å². The highest BCUT2D eigenvalue weighted by Crippen LogP contribution is 2.61. The first kappa shape index (κ1) is 14.8. The standard InChI is InChI=1S/C17H32/c1-7-9-13(3)14(4)11-15(5)17(10-8-2)12-16(17)6/h8,13-16H,2,7,9-12H2,1,3-6H3. The van der Waals surface area contributed by atoms with Crippen molar-refractivity contribution in [3.63, 3.8) is 0 Å². The lowest BCUT2D eigenvalue weighted by molar-refractivity contribution is 0.218. The second-order valence-electron chi connectivity index (χ2n) is 6.71. The summed E-state index contributed by atoms with van der Waals surface area (Å²) in [7, 11) is 0. The molecule has 100 valence electrons. The highest BCUT2D eigenvalue weighted by molar-refractivity contribution is 5.06. The Morgan fingerprint density at radius 1 is 1.29 bits per heavy atom. The minimum absolute atomic E-state index is 0.613. The van der Waals surface area contributed by atoms with Crippen LogP contribution in [0.15, 0.2) is 12.7 Å². The first-order chi connectivity index (χ1) is 7.97. The molecular weight excluding hydrogens is 204 g/mol. The van der Waals surface area contributed by atoms with E-state index >= 15 is 0 Å². The second kappa shape index (κ2) is 6.07. The zero-order valence-electron chi connectivity index (χ0n) is 12.6. The largest absolute Gasteiger partial charge is 0.103 e. The summed E-state index contributed by atoms with van der Waals surface area (Å²) >= 11 is 0. The molecule has 5 unspecified atom stereocenters. The smallest absolute Gasteiger partial charge is 0.0209 e. The second-order valence-corrected chi connectivity index (χ2v) is 6.71. The first-order valence-electron chi connectivity index (χ1n) is 7.58. The molecule has 0 spiro atoms. The summed E-state index contributed by atoms with van der Waals surface area (Å²) in [6, 6.07) is 0. The Bertz CT molecular complexity index is 242. The third-order valence-electron chi connectivity index (χ3n) is 5.45. The fraction of sp³-hybridized carbons (Fsp3) is 0.882. The van der Waals surface area contributed by atoms with Crippen molar-refractivity contribution in [3.05, 3.63) is 12.7 Å². The molecule has 0 bridgehead atoms. The number of rotatable bonds is 8. The molecule has 0 heterocycles. The highest BCUT2D eigenvalue weighted by Gasteiger charge is 2.53. The summed E-state index contributed by atoms with van der Waals surface area (Å²) in [4.78, 5) is 0. The molecule has 1 rings (SSSR count). The third kappa shape index (κ3) is 3.36. The lowest BCUT2D eigenvalue weighted by Gasteiger charge is -2.29. The Balaban J connectivity index is 2.48. The quantitative estimate of drug-likeness (QED) is 0.475. The zero-order chi connectivity index (χ0) is 13.1. The fourth-order valence-electron chi connectivity index (χ4n) is 3.72. The van der Waals surface area contributed by atoms with Crippen molar-refractivity contribution in [2.24, 2.45) is 29.1 Å². The van der Waals surface area contributed by atoms with E-state index in [0.29, 0.717) is 5.41 Å². The van der Waals surface area contributed by atoms with E-state index in [9.17, 15) is 0 Å². The SMILES string of the molecule is C=CCC1(C(C)CC(C)C(C)CCC)CC1C. The van der Waals surface area contributed by atoms with E-state index in [4.69, 9.17) is 0 Å². The average molecular weight is 236 g/mol. The molecule has 0 saturated heterocycles. The molecule has 0 N–H and O–H groups in total. The van der Waals surface area contributed by atoms with Crippen molar-refractivity contribution in [1.29, 1.82) is 0 Å². The van der Waals surface area contributed by atoms with Crippen LogP contribution in [0.3, 0.4) is 0 Å². The molecule has 1 aliphatic carbocycles. The van der Waals surface area contributed by atoms with E-state index in [2.05, 4.69) is 47.3 Å².